The van der Waals surface area contributed by atoms with Crippen LogP contribution in [0.3, 0.4) is 0 Å². The number of carbonyl (C=O) groups excluding carboxylic acids is 1. The summed E-state index contributed by atoms with van der Waals surface area (Å²) in [5.41, 5.74) is 2.81. The van der Waals surface area contributed by atoms with Crippen LogP contribution in [0, 0.1) is 5.82 Å². The first-order valence-electron chi connectivity index (χ1n) is 9.66. The summed E-state index contributed by atoms with van der Waals surface area (Å²) in [6.07, 6.45) is 7.97. The summed E-state index contributed by atoms with van der Waals surface area (Å²) in [6, 6.07) is 3.48. The molecule has 3 aromatic rings. The first kappa shape index (κ1) is 17.1. The lowest BCUT2D eigenvalue weighted by Crippen LogP contribution is -2.33. The second kappa shape index (κ2) is 6.54. The van der Waals surface area contributed by atoms with Gasteiger partial charge in [0.15, 0.2) is 5.65 Å². The van der Waals surface area contributed by atoms with E-state index in [1.807, 2.05) is 19.2 Å². The molecule has 2 aliphatic rings. The standard InChI is InChI=1S/C20H21FN6O/c1-12-4-5-16-14(9-13(21)10-22-16)17-3-2-7-26(17)18-6-8-27-19(25-18)15(11-23-27)20(28)24-12/h6,8-12,17H,2-5,7H2,1H3,(H,24,28)/t12-,17-/m0/s1. The Morgan fingerprint density at radius 2 is 2.18 bits per heavy atom. The molecule has 5 heterocycles. The summed E-state index contributed by atoms with van der Waals surface area (Å²) in [4.78, 5) is 24.1. The molecular weight excluding hydrogens is 359 g/mol. The van der Waals surface area contributed by atoms with E-state index in [1.165, 1.54) is 6.20 Å². The van der Waals surface area contributed by atoms with Crippen LogP contribution in [0.25, 0.3) is 5.65 Å². The lowest BCUT2D eigenvalue weighted by atomic mass is 9.98. The highest BCUT2D eigenvalue weighted by molar-refractivity contribution is 5.99. The summed E-state index contributed by atoms with van der Waals surface area (Å²) in [6.45, 7) is 2.79. The van der Waals surface area contributed by atoms with Gasteiger partial charge in [-0.3, -0.25) is 9.78 Å². The van der Waals surface area contributed by atoms with Crippen LogP contribution in [0.1, 0.15) is 53.8 Å². The molecular formula is C20H21FN6O. The Balaban J connectivity index is 1.69. The molecule has 8 heteroatoms. The first-order chi connectivity index (χ1) is 13.6. The van der Waals surface area contributed by atoms with Crippen molar-refractivity contribution in [3.8, 4) is 0 Å². The van der Waals surface area contributed by atoms with E-state index in [4.69, 9.17) is 4.98 Å². The molecule has 2 aliphatic heterocycles. The van der Waals surface area contributed by atoms with Crippen LogP contribution in [0.4, 0.5) is 10.2 Å². The molecule has 0 saturated carbocycles. The minimum atomic E-state index is -0.322. The van der Waals surface area contributed by atoms with E-state index in [0.29, 0.717) is 17.6 Å². The maximum absolute atomic E-state index is 14.1. The number of halogens is 1. The van der Waals surface area contributed by atoms with Crippen molar-refractivity contribution >= 4 is 17.4 Å². The summed E-state index contributed by atoms with van der Waals surface area (Å²) >= 11 is 0. The van der Waals surface area contributed by atoms with Crippen molar-refractivity contribution < 1.29 is 9.18 Å². The zero-order valence-electron chi connectivity index (χ0n) is 15.6. The molecule has 144 valence electrons. The molecule has 1 saturated heterocycles. The van der Waals surface area contributed by atoms with Gasteiger partial charge in [0.05, 0.1) is 18.4 Å². The Kier molecular flexibility index (Phi) is 3.99. The largest absolute Gasteiger partial charge is 0.349 e. The third-order valence-electron chi connectivity index (χ3n) is 5.67. The minimum absolute atomic E-state index is 0.0271. The number of hydrogen-bond acceptors (Lipinski definition) is 5. The van der Waals surface area contributed by atoms with Crippen LogP contribution in [0.15, 0.2) is 30.7 Å². The molecule has 28 heavy (non-hydrogen) atoms. The number of anilines is 1. The predicted octanol–water partition coefficient (Wildman–Crippen LogP) is 2.67. The molecule has 0 aliphatic carbocycles. The van der Waals surface area contributed by atoms with Crippen LogP contribution in [0.2, 0.25) is 0 Å². The Labute approximate surface area is 161 Å². The maximum Gasteiger partial charge on any atom is 0.256 e. The highest BCUT2D eigenvalue weighted by Gasteiger charge is 2.31. The van der Waals surface area contributed by atoms with Gasteiger partial charge in [0.2, 0.25) is 0 Å². The number of carbonyl (C=O) groups is 1. The lowest BCUT2D eigenvalue weighted by Gasteiger charge is -2.27. The van der Waals surface area contributed by atoms with E-state index in [1.54, 1.807) is 16.8 Å². The Morgan fingerprint density at radius 1 is 1.29 bits per heavy atom. The van der Waals surface area contributed by atoms with E-state index in [0.717, 1.165) is 42.9 Å². The number of nitrogens with zero attached hydrogens (tertiary/aromatic N) is 5. The molecule has 1 amide bonds. The van der Waals surface area contributed by atoms with Gasteiger partial charge >= 0.3 is 0 Å². The average molecular weight is 380 g/mol. The van der Waals surface area contributed by atoms with Crippen LogP contribution in [-0.4, -0.2) is 38.1 Å². The summed E-state index contributed by atoms with van der Waals surface area (Å²) in [7, 11) is 0. The highest BCUT2D eigenvalue weighted by atomic mass is 19.1. The number of aromatic nitrogens is 4. The molecule has 0 spiro atoms. The van der Waals surface area contributed by atoms with Gasteiger partial charge in [-0.2, -0.15) is 5.10 Å². The molecule has 0 unspecified atom stereocenters. The molecule has 0 aromatic carbocycles. The van der Waals surface area contributed by atoms with Crippen LogP contribution < -0.4 is 10.2 Å². The Hall–Kier alpha value is -3.03. The molecule has 0 radical (unpaired) electrons. The third-order valence-corrected chi connectivity index (χ3v) is 5.67. The number of rotatable bonds is 0. The monoisotopic (exact) mass is 380 g/mol. The van der Waals surface area contributed by atoms with Crippen molar-refractivity contribution in [2.45, 2.75) is 44.7 Å². The molecule has 1 N–H and O–H groups in total. The highest BCUT2D eigenvalue weighted by Crippen LogP contribution is 2.37. The first-order valence-corrected chi connectivity index (χ1v) is 9.66. The fraction of sp³-hybridized carbons (Fsp3) is 0.400. The average Bonchev–Trinajstić information content (AvgIpc) is 3.32. The van der Waals surface area contributed by atoms with Crippen molar-refractivity contribution in [2.24, 2.45) is 0 Å². The maximum atomic E-state index is 14.1. The fourth-order valence-electron chi connectivity index (χ4n) is 4.25. The zero-order chi connectivity index (χ0) is 19.3. The van der Waals surface area contributed by atoms with Gasteiger partial charge in [0.1, 0.15) is 17.2 Å². The predicted molar refractivity (Wildman–Crippen MR) is 102 cm³/mol. The third kappa shape index (κ3) is 2.80. The van der Waals surface area contributed by atoms with Crippen LogP contribution >= 0.6 is 0 Å². The number of pyridine rings is 1. The van der Waals surface area contributed by atoms with Gasteiger partial charge in [-0.15, -0.1) is 0 Å². The topological polar surface area (TPSA) is 75.4 Å². The minimum Gasteiger partial charge on any atom is -0.349 e. The number of aryl methyl sites for hydroxylation is 1. The lowest BCUT2D eigenvalue weighted by molar-refractivity contribution is 0.0940. The van der Waals surface area contributed by atoms with Crippen molar-refractivity contribution in [3.05, 3.63) is 53.4 Å². The van der Waals surface area contributed by atoms with Gasteiger partial charge in [-0.1, -0.05) is 0 Å². The van der Waals surface area contributed by atoms with Crippen LogP contribution in [-0.2, 0) is 6.42 Å². The smallest absolute Gasteiger partial charge is 0.256 e. The van der Waals surface area contributed by atoms with Crippen molar-refractivity contribution in [2.75, 3.05) is 11.4 Å². The normalized spacial score (nSPS) is 22.2. The van der Waals surface area contributed by atoms with E-state index in [-0.39, 0.29) is 23.8 Å². The Morgan fingerprint density at radius 3 is 3.07 bits per heavy atom. The Bertz CT molecular complexity index is 1060. The SMILES string of the molecule is C[C@H]1CCc2ncc(F)cc2[C@@H]2CCCN2c2ccn3ncc(c3n2)C(=O)N1. The number of amides is 1. The number of fused-ring (bicyclic) bond motifs is 5. The van der Waals surface area contributed by atoms with Crippen molar-refractivity contribution in [1.82, 2.24) is 24.9 Å². The van der Waals surface area contributed by atoms with Crippen LogP contribution in [0.5, 0.6) is 0 Å². The number of hydrogen-bond donors (Lipinski definition) is 1. The summed E-state index contributed by atoms with van der Waals surface area (Å²) < 4.78 is 15.7. The van der Waals surface area contributed by atoms with Gasteiger partial charge in [-0.25, -0.2) is 13.9 Å². The molecule has 2 atom stereocenters. The quantitative estimate of drug-likeness (QED) is 0.649. The number of nitrogens with one attached hydrogen (secondary N) is 1. The van der Waals surface area contributed by atoms with E-state index in [9.17, 15) is 9.18 Å². The molecule has 7 nitrogen and oxygen atoms in total. The van der Waals surface area contributed by atoms with Crippen molar-refractivity contribution in [3.63, 3.8) is 0 Å². The van der Waals surface area contributed by atoms with Gasteiger partial charge in [-0.05, 0) is 50.3 Å². The van der Waals surface area contributed by atoms with E-state index < -0.39 is 0 Å². The summed E-state index contributed by atoms with van der Waals surface area (Å²) in [5.74, 6) is 0.265. The second-order valence-electron chi connectivity index (χ2n) is 7.57. The molecule has 2 bridgehead atoms. The van der Waals surface area contributed by atoms with Gasteiger partial charge in [0.25, 0.3) is 5.91 Å². The van der Waals surface area contributed by atoms with Gasteiger partial charge < -0.3 is 10.2 Å². The van der Waals surface area contributed by atoms with E-state index >= 15 is 0 Å². The zero-order valence-corrected chi connectivity index (χ0v) is 15.6. The second-order valence-corrected chi connectivity index (χ2v) is 7.57. The fourth-order valence-corrected chi connectivity index (χ4v) is 4.25. The molecule has 3 aromatic heterocycles. The van der Waals surface area contributed by atoms with E-state index in [2.05, 4.69) is 20.3 Å². The van der Waals surface area contributed by atoms with Crippen molar-refractivity contribution in [1.29, 1.82) is 0 Å². The molecule has 5 rings (SSSR count). The van der Waals surface area contributed by atoms with Gasteiger partial charge in [0, 0.05) is 24.5 Å². The molecule has 1 fully saturated rings. The summed E-state index contributed by atoms with van der Waals surface area (Å²) in [5, 5.41) is 7.27.